The Bertz CT molecular complexity index is 478. The van der Waals surface area contributed by atoms with Crippen LogP contribution in [0.1, 0.15) is 22.8 Å². The van der Waals surface area contributed by atoms with Crippen LogP contribution < -0.4 is 5.46 Å². The normalized spacial score (nSPS) is 15.4. The Morgan fingerprint density at radius 1 is 1.67 bits per heavy atom. The maximum atomic E-state index is 13.6. The lowest BCUT2D eigenvalue weighted by Gasteiger charge is -2.08. The fourth-order valence-corrected chi connectivity index (χ4v) is 1.67. The molecule has 1 aliphatic heterocycles. The predicted molar refractivity (Wildman–Crippen MR) is 59.6 cm³/mol. The first kappa shape index (κ1) is 13.0. The zero-order chi connectivity index (χ0) is 13.3. The number of hydrogen-bond acceptors (Lipinski definition) is 4. The van der Waals surface area contributed by atoms with Gasteiger partial charge in [0, 0.05) is 0 Å². The van der Waals surface area contributed by atoms with Gasteiger partial charge in [0.15, 0.2) is 0 Å². The van der Waals surface area contributed by atoms with E-state index in [9.17, 15) is 18.6 Å². The lowest BCUT2D eigenvalue weighted by atomic mass is 9.78. The first-order valence-corrected chi connectivity index (χ1v) is 5.42. The van der Waals surface area contributed by atoms with Gasteiger partial charge in [-0.3, -0.25) is 0 Å². The molecule has 18 heavy (non-hydrogen) atoms. The summed E-state index contributed by atoms with van der Waals surface area (Å²) in [4.78, 5) is 11.5. The zero-order valence-electron chi connectivity index (χ0n) is 9.65. The molecule has 96 valence electrons. The molecule has 1 atom stereocenters. The van der Waals surface area contributed by atoms with Gasteiger partial charge in [0.05, 0.1) is 12.2 Å². The Balaban J connectivity index is 2.23. The van der Waals surface area contributed by atoms with Gasteiger partial charge >= 0.3 is 13.1 Å². The molecule has 0 radical (unpaired) electrons. The second-order valence-corrected chi connectivity index (χ2v) is 4.07. The highest BCUT2D eigenvalue weighted by Crippen LogP contribution is 2.16. The summed E-state index contributed by atoms with van der Waals surface area (Å²) in [6.45, 7) is 0.878. The van der Waals surface area contributed by atoms with E-state index in [2.05, 4.69) is 4.74 Å². The second-order valence-electron chi connectivity index (χ2n) is 4.07. The largest absolute Gasteiger partial charge is 0.491 e. The minimum absolute atomic E-state index is 0.0876. The van der Waals surface area contributed by atoms with Crippen LogP contribution in [0.15, 0.2) is 12.1 Å². The summed E-state index contributed by atoms with van der Waals surface area (Å²) in [6.07, 6.45) is -1.32. The summed E-state index contributed by atoms with van der Waals surface area (Å²) in [5, 5.41) is 9.44. The Morgan fingerprint density at radius 2 is 2.39 bits per heavy atom. The van der Waals surface area contributed by atoms with E-state index < -0.39 is 31.7 Å². The van der Waals surface area contributed by atoms with E-state index in [1.165, 1.54) is 13.0 Å². The van der Waals surface area contributed by atoms with Gasteiger partial charge in [-0.2, -0.15) is 0 Å². The van der Waals surface area contributed by atoms with Crippen LogP contribution in [0.25, 0.3) is 0 Å². The maximum Gasteiger partial charge on any atom is 0.491 e. The molecule has 1 aromatic carbocycles. The summed E-state index contributed by atoms with van der Waals surface area (Å²) in [7, 11) is -1.17. The number of carbonyl (C=O) groups is 1. The van der Waals surface area contributed by atoms with Gasteiger partial charge in [0.1, 0.15) is 18.6 Å². The number of esters is 1. The number of alkyl halides is 1. The molecule has 0 saturated heterocycles. The molecule has 0 aliphatic carbocycles. The molecule has 1 N–H and O–H groups in total. The molecule has 1 aliphatic rings. The van der Waals surface area contributed by atoms with Crippen molar-refractivity contribution in [1.82, 2.24) is 0 Å². The van der Waals surface area contributed by atoms with Crippen molar-refractivity contribution < 1.29 is 28.0 Å². The first-order chi connectivity index (χ1) is 8.49. The van der Waals surface area contributed by atoms with Crippen molar-refractivity contribution in [2.45, 2.75) is 19.7 Å². The molecule has 0 bridgehead atoms. The Hall–Kier alpha value is -1.47. The molecule has 0 spiro atoms. The van der Waals surface area contributed by atoms with Crippen molar-refractivity contribution in [2.75, 3.05) is 6.61 Å². The van der Waals surface area contributed by atoms with Crippen LogP contribution in [-0.2, 0) is 16.0 Å². The summed E-state index contributed by atoms with van der Waals surface area (Å²) in [5.41, 5.74) is 0.478. The quantitative estimate of drug-likeness (QED) is 0.634. The molecule has 7 heteroatoms. The molecular formula is C11H11BF2O4. The van der Waals surface area contributed by atoms with Crippen molar-refractivity contribution in [3.8, 4) is 0 Å². The third kappa shape index (κ3) is 2.52. The topological polar surface area (TPSA) is 55.8 Å². The number of benzene rings is 1. The van der Waals surface area contributed by atoms with Gasteiger partial charge in [-0.25, -0.2) is 13.6 Å². The molecule has 0 amide bonds. The minimum Gasteiger partial charge on any atom is -0.459 e. The van der Waals surface area contributed by atoms with Gasteiger partial charge in [-0.15, -0.1) is 0 Å². The predicted octanol–water partition coefficient (Wildman–Crippen LogP) is 0.558. The number of carbonyl (C=O) groups excluding carboxylic acids is 1. The summed E-state index contributed by atoms with van der Waals surface area (Å²) in [5.74, 6) is -1.73. The lowest BCUT2D eigenvalue weighted by Crippen LogP contribution is -2.29. The molecular weight excluding hydrogens is 245 g/mol. The number of ether oxygens (including phenoxy) is 1. The van der Waals surface area contributed by atoms with E-state index in [0.717, 1.165) is 6.07 Å². The van der Waals surface area contributed by atoms with Crippen molar-refractivity contribution in [3.05, 3.63) is 29.1 Å². The van der Waals surface area contributed by atoms with Crippen LogP contribution in [0.3, 0.4) is 0 Å². The zero-order valence-corrected chi connectivity index (χ0v) is 9.65. The third-order valence-electron chi connectivity index (χ3n) is 2.56. The van der Waals surface area contributed by atoms with Crippen LogP contribution in [0.4, 0.5) is 8.78 Å². The summed E-state index contributed by atoms with van der Waals surface area (Å²) >= 11 is 0. The van der Waals surface area contributed by atoms with E-state index in [1.54, 1.807) is 0 Å². The molecule has 0 fully saturated rings. The monoisotopic (exact) mass is 256 g/mol. The van der Waals surface area contributed by atoms with E-state index in [0.29, 0.717) is 11.0 Å². The van der Waals surface area contributed by atoms with E-state index in [1.807, 2.05) is 0 Å². The molecule has 4 nitrogen and oxygen atoms in total. The molecule has 0 aromatic heterocycles. The number of halogens is 2. The Labute approximate surface area is 103 Å². The van der Waals surface area contributed by atoms with E-state index >= 15 is 0 Å². The maximum absolute atomic E-state index is 13.6. The molecule has 2 rings (SSSR count). The van der Waals surface area contributed by atoms with Crippen molar-refractivity contribution in [3.63, 3.8) is 0 Å². The smallest absolute Gasteiger partial charge is 0.459 e. The van der Waals surface area contributed by atoms with Crippen LogP contribution in [-0.4, -0.2) is 30.9 Å². The molecule has 1 heterocycles. The standard InChI is InChI=1S/C11H11BF2O4/c1-6(13)4-17-11(15)8-3-9-7(2-10(8)14)5-18-12(9)16/h2-3,6,16H,4-5H2,1H3. The number of rotatable bonds is 3. The average molecular weight is 256 g/mol. The van der Waals surface area contributed by atoms with Crippen molar-refractivity contribution in [2.24, 2.45) is 0 Å². The highest BCUT2D eigenvalue weighted by atomic mass is 19.1. The van der Waals surface area contributed by atoms with Gasteiger partial charge in [0.25, 0.3) is 0 Å². The summed E-state index contributed by atoms with van der Waals surface area (Å²) < 4.78 is 35.6. The number of hydrogen-bond donors (Lipinski definition) is 1. The third-order valence-corrected chi connectivity index (χ3v) is 2.56. The number of fused-ring (bicyclic) bond motifs is 1. The van der Waals surface area contributed by atoms with Gasteiger partial charge in [0.2, 0.25) is 0 Å². The molecule has 1 aromatic rings. The lowest BCUT2D eigenvalue weighted by molar-refractivity contribution is 0.0411. The molecule has 0 saturated carbocycles. The van der Waals surface area contributed by atoms with Crippen LogP contribution >= 0.6 is 0 Å². The van der Waals surface area contributed by atoms with Crippen molar-refractivity contribution >= 4 is 18.6 Å². The SMILES string of the molecule is CC(F)COC(=O)c1cc2c(cc1F)COB2O. The highest BCUT2D eigenvalue weighted by molar-refractivity contribution is 6.61. The van der Waals surface area contributed by atoms with Crippen LogP contribution in [0.5, 0.6) is 0 Å². The van der Waals surface area contributed by atoms with E-state index in [-0.39, 0.29) is 12.2 Å². The van der Waals surface area contributed by atoms with Crippen molar-refractivity contribution in [1.29, 1.82) is 0 Å². The van der Waals surface area contributed by atoms with Gasteiger partial charge in [-0.1, -0.05) is 0 Å². The van der Waals surface area contributed by atoms with Gasteiger partial charge < -0.3 is 14.4 Å². The second kappa shape index (κ2) is 5.03. The highest BCUT2D eigenvalue weighted by Gasteiger charge is 2.30. The Kier molecular flexibility index (Phi) is 3.63. The van der Waals surface area contributed by atoms with Crippen LogP contribution in [0.2, 0.25) is 0 Å². The van der Waals surface area contributed by atoms with Crippen LogP contribution in [0, 0.1) is 5.82 Å². The van der Waals surface area contributed by atoms with Gasteiger partial charge in [-0.05, 0) is 30.1 Å². The molecule has 1 unspecified atom stereocenters. The average Bonchev–Trinajstić information content (AvgIpc) is 2.66. The Morgan fingerprint density at radius 3 is 3.06 bits per heavy atom. The fourth-order valence-electron chi connectivity index (χ4n) is 1.67. The minimum atomic E-state index is -1.32. The van der Waals surface area contributed by atoms with E-state index in [4.69, 9.17) is 4.65 Å². The summed E-state index contributed by atoms with van der Waals surface area (Å²) in [6, 6.07) is 2.29. The first-order valence-electron chi connectivity index (χ1n) is 5.42. The fraction of sp³-hybridized carbons (Fsp3) is 0.364.